The first kappa shape index (κ1) is 12.6. The lowest BCUT2D eigenvalue weighted by atomic mass is 10.3. The molecule has 7 heteroatoms. The highest BCUT2D eigenvalue weighted by Gasteiger charge is 1.99. The van der Waals surface area contributed by atoms with E-state index in [2.05, 4.69) is 24.8 Å². The van der Waals surface area contributed by atoms with E-state index >= 15 is 0 Å². The fourth-order valence-electron chi connectivity index (χ4n) is 1.58. The van der Waals surface area contributed by atoms with Crippen LogP contribution in [-0.4, -0.2) is 26.1 Å². The monoisotopic (exact) mass is 266 g/mol. The van der Waals surface area contributed by atoms with Gasteiger partial charge in [-0.2, -0.15) is 4.98 Å². The molecule has 0 saturated heterocycles. The molecule has 0 amide bonds. The lowest BCUT2D eigenvalue weighted by molar-refractivity contribution is 0.620. The van der Waals surface area contributed by atoms with E-state index in [9.17, 15) is 0 Å². The molecule has 3 N–H and O–H groups in total. The summed E-state index contributed by atoms with van der Waals surface area (Å²) in [5.74, 6) is 0.846. The number of anilines is 2. The SMILES string of the molecule is Nc1nc(Cl)cc(NCCCCn2ccnc2)n1. The molecule has 0 atom stereocenters. The van der Waals surface area contributed by atoms with E-state index in [1.165, 1.54) is 0 Å². The zero-order chi connectivity index (χ0) is 12.8. The zero-order valence-electron chi connectivity index (χ0n) is 9.88. The van der Waals surface area contributed by atoms with Crippen LogP contribution in [0.3, 0.4) is 0 Å². The second-order valence-corrected chi connectivity index (χ2v) is 4.26. The van der Waals surface area contributed by atoms with Crippen molar-refractivity contribution in [3.8, 4) is 0 Å². The Morgan fingerprint density at radius 1 is 1.33 bits per heavy atom. The first-order valence-electron chi connectivity index (χ1n) is 5.74. The lowest BCUT2D eigenvalue weighted by Gasteiger charge is -2.06. The van der Waals surface area contributed by atoms with Gasteiger partial charge in [0.15, 0.2) is 0 Å². The van der Waals surface area contributed by atoms with Crippen molar-refractivity contribution < 1.29 is 0 Å². The number of unbranched alkanes of at least 4 members (excludes halogenated alkanes) is 1. The third kappa shape index (κ3) is 3.89. The molecule has 0 fully saturated rings. The van der Waals surface area contributed by atoms with Crippen LogP contribution in [0.4, 0.5) is 11.8 Å². The first-order chi connectivity index (χ1) is 8.74. The molecule has 0 aliphatic rings. The van der Waals surface area contributed by atoms with Crippen LogP contribution in [0, 0.1) is 0 Å². The van der Waals surface area contributed by atoms with Gasteiger partial charge < -0.3 is 15.6 Å². The minimum Gasteiger partial charge on any atom is -0.370 e. The molecule has 6 nitrogen and oxygen atoms in total. The quantitative estimate of drug-likeness (QED) is 0.615. The Morgan fingerprint density at radius 2 is 2.22 bits per heavy atom. The van der Waals surface area contributed by atoms with Gasteiger partial charge in [0.05, 0.1) is 6.33 Å². The third-order valence-corrected chi connectivity index (χ3v) is 2.61. The summed E-state index contributed by atoms with van der Waals surface area (Å²) < 4.78 is 2.06. The number of nitrogens with one attached hydrogen (secondary N) is 1. The molecule has 0 unspecified atom stereocenters. The van der Waals surface area contributed by atoms with E-state index < -0.39 is 0 Å². The minimum absolute atomic E-state index is 0.184. The van der Waals surface area contributed by atoms with Crippen molar-refractivity contribution >= 4 is 23.4 Å². The average molecular weight is 267 g/mol. The second kappa shape index (κ2) is 6.20. The van der Waals surface area contributed by atoms with E-state index in [0.29, 0.717) is 11.0 Å². The molecule has 96 valence electrons. The van der Waals surface area contributed by atoms with Crippen molar-refractivity contribution in [2.24, 2.45) is 0 Å². The normalized spacial score (nSPS) is 10.5. The summed E-state index contributed by atoms with van der Waals surface area (Å²) in [5.41, 5.74) is 5.50. The molecule has 0 saturated carbocycles. The minimum atomic E-state index is 0.184. The van der Waals surface area contributed by atoms with Gasteiger partial charge in [0, 0.05) is 31.5 Å². The van der Waals surface area contributed by atoms with E-state index in [-0.39, 0.29) is 5.95 Å². The van der Waals surface area contributed by atoms with Gasteiger partial charge in [-0.15, -0.1) is 0 Å². The number of nitrogen functional groups attached to an aromatic ring is 1. The Kier molecular flexibility index (Phi) is 4.35. The van der Waals surface area contributed by atoms with Gasteiger partial charge in [0.2, 0.25) is 5.95 Å². The Hall–Kier alpha value is -1.82. The zero-order valence-corrected chi connectivity index (χ0v) is 10.6. The van der Waals surface area contributed by atoms with Gasteiger partial charge in [0.25, 0.3) is 0 Å². The van der Waals surface area contributed by atoms with Crippen LogP contribution >= 0.6 is 11.6 Å². The number of aryl methyl sites for hydroxylation is 1. The lowest BCUT2D eigenvalue weighted by Crippen LogP contribution is -2.07. The number of halogens is 1. The molecular weight excluding hydrogens is 252 g/mol. The Balaban J connectivity index is 1.68. The van der Waals surface area contributed by atoms with Crippen LogP contribution < -0.4 is 11.1 Å². The van der Waals surface area contributed by atoms with Crippen LogP contribution in [0.25, 0.3) is 0 Å². The number of aromatic nitrogens is 4. The average Bonchev–Trinajstić information content (AvgIpc) is 2.80. The van der Waals surface area contributed by atoms with E-state index in [4.69, 9.17) is 17.3 Å². The van der Waals surface area contributed by atoms with Gasteiger partial charge >= 0.3 is 0 Å². The van der Waals surface area contributed by atoms with Crippen molar-refractivity contribution in [3.63, 3.8) is 0 Å². The molecule has 0 aliphatic carbocycles. The number of rotatable bonds is 6. The highest BCUT2D eigenvalue weighted by atomic mass is 35.5. The molecule has 0 bridgehead atoms. The van der Waals surface area contributed by atoms with Crippen LogP contribution in [0.15, 0.2) is 24.8 Å². The Labute approximate surface area is 110 Å². The Morgan fingerprint density at radius 3 is 2.94 bits per heavy atom. The van der Waals surface area contributed by atoms with Crippen molar-refractivity contribution in [2.45, 2.75) is 19.4 Å². The summed E-state index contributed by atoms with van der Waals surface area (Å²) in [4.78, 5) is 11.8. The summed E-state index contributed by atoms with van der Waals surface area (Å²) in [6.07, 6.45) is 7.65. The van der Waals surface area contributed by atoms with Crippen LogP contribution in [0.5, 0.6) is 0 Å². The molecule has 18 heavy (non-hydrogen) atoms. The summed E-state index contributed by atoms with van der Waals surface area (Å²) in [6, 6.07) is 1.66. The fourth-order valence-corrected chi connectivity index (χ4v) is 1.77. The molecule has 2 heterocycles. The highest BCUT2D eigenvalue weighted by Crippen LogP contribution is 2.12. The van der Waals surface area contributed by atoms with Crippen molar-refractivity contribution in [2.75, 3.05) is 17.6 Å². The van der Waals surface area contributed by atoms with Gasteiger partial charge in [-0.3, -0.25) is 0 Å². The van der Waals surface area contributed by atoms with Crippen LogP contribution in [0.2, 0.25) is 5.15 Å². The number of nitrogens with two attached hydrogens (primary N) is 1. The topological polar surface area (TPSA) is 81.6 Å². The van der Waals surface area contributed by atoms with Gasteiger partial charge in [0.1, 0.15) is 11.0 Å². The molecule has 0 aromatic carbocycles. The molecule has 0 spiro atoms. The summed E-state index contributed by atoms with van der Waals surface area (Å²) in [6.45, 7) is 1.79. The maximum absolute atomic E-state index is 5.78. The predicted octanol–water partition coefficient (Wildman–Crippen LogP) is 1.80. The van der Waals surface area contributed by atoms with Crippen LogP contribution in [0.1, 0.15) is 12.8 Å². The number of nitrogens with zero attached hydrogens (tertiary/aromatic N) is 4. The molecular formula is C11H15ClN6. The largest absolute Gasteiger partial charge is 0.370 e. The van der Waals surface area contributed by atoms with Crippen molar-refractivity contribution in [1.82, 2.24) is 19.5 Å². The maximum Gasteiger partial charge on any atom is 0.223 e. The number of hydrogen-bond acceptors (Lipinski definition) is 5. The van der Waals surface area contributed by atoms with Gasteiger partial charge in [-0.25, -0.2) is 9.97 Å². The third-order valence-electron chi connectivity index (χ3n) is 2.42. The maximum atomic E-state index is 5.78. The molecule has 2 aromatic heterocycles. The van der Waals surface area contributed by atoms with Gasteiger partial charge in [-0.05, 0) is 12.8 Å². The fraction of sp³-hybridized carbons (Fsp3) is 0.364. The molecule has 0 radical (unpaired) electrons. The van der Waals surface area contributed by atoms with E-state index in [1.807, 2.05) is 12.5 Å². The second-order valence-electron chi connectivity index (χ2n) is 3.87. The highest BCUT2D eigenvalue weighted by molar-refractivity contribution is 6.29. The van der Waals surface area contributed by atoms with E-state index in [1.54, 1.807) is 12.3 Å². The predicted molar refractivity (Wildman–Crippen MR) is 71.4 cm³/mol. The smallest absolute Gasteiger partial charge is 0.223 e. The molecule has 2 rings (SSSR count). The van der Waals surface area contributed by atoms with Gasteiger partial charge in [-0.1, -0.05) is 11.6 Å². The molecule has 2 aromatic rings. The Bertz CT molecular complexity index is 464. The van der Waals surface area contributed by atoms with E-state index in [0.717, 1.165) is 25.9 Å². The standard InChI is InChI=1S/C11H15ClN6/c12-9-7-10(17-11(13)16-9)15-3-1-2-5-18-6-4-14-8-18/h4,6-8H,1-3,5H2,(H3,13,15,16,17). The van der Waals surface area contributed by atoms with Crippen molar-refractivity contribution in [1.29, 1.82) is 0 Å². The van der Waals surface area contributed by atoms with Crippen molar-refractivity contribution in [3.05, 3.63) is 29.9 Å². The molecule has 0 aliphatic heterocycles. The summed E-state index contributed by atoms with van der Waals surface area (Å²) in [7, 11) is 0. The summed E-state index contributed by atoms with van der Waals surface area (Å²) >= 11 is 5.78. The summed E-state index contributed by atoms with van der Waals surface area (Å²) in [5, 5.41) is 3.52. The first-order valence-corrected chi connectivity index (χ1v) is 6.11. The number of hydrogen-bond donors (Lipinski definition) is 2. The number of imidazole rings is 1. The van der Waals surface area contributed by atoms with Crippen LogP contribution in [-0.2, 0) is 6.54 Å².